The van der Waals surface area contributed by atoms with Crippen LogP contribution in [0.15, 0.2) is 47.6 Å². The lowest BCUT2D eigenvalue weighted by Crippen LogP contribution is -2.14. The van der Waals surface area contributed by atoms with Crippen molar-refractivity contribution >= 4 is 27.0 Å². The first-order chi connectivity index (χ1) is 10.7. The van der Waals surface area contributed by atoms with Gasteiger partial charge in [-0.15, -0.1) is 0 Å². The molecular formula is C13H9F3N4O2S. The second-order valence-corrected chi connectivity index (χ2v) is 6.46. The van der Waals surface area contributed by atoms with Crippen molar-refractivity contribution in [2.24, 2.45) is 0 Å². The van der Waals surface area contributed by atoms with E-state index in [4.69, 9.17) is 5.73 Å². The molecule has 2 N–H and O–H groups in total. The molecule has 3 aromatic rings. The van der Waals surface area contributed by atoms with Gasteiger partial charge in [0.15, 0.2) is 5.65 Å². The number of aromatic nitrogens is 3. The fraction of sp³-hybridized carbons (Fsp3) is 0.0769. The normalized spacial score (nSPS) is 12.7. The Labute approximate surface area is 128 Å². The van der Waals surface area contributed by atoms with Crippen LogP contribution in [0, 0.1) is 0 Å². The van der Waals surface area contributed by atoms with Gasteiger partial charge in [-0.2, -0.15) is 18.2 Å². The minimum absolute atomic E-state index is 0.00471. The van der Waals surface area contributed by atoms with Gasteiger partial charge in [-0.3, -0.25) is 0 Å². The average molecular weight is 342 g/mol. The van der Waals surface area contributed by atoms with Gasteiger partial charge in [-0.25, -0.2) is 17.4 Å². The van der Waals surface area contributed by atoms with Gasteiger partial charge in [0.05, 0.1) is 10.5 Å². The predicted molar refractivity (Wildman–Crippen MR) is 76.0 cm³/mol. The molecular weight excluding hydrogens is 333 g/mol. The van der Waals surface area contributed by atoms with Crippen LogP contribution in [0.25, 0.3) is 11.0 Å². The molecule has 0 atom stereocenters. The van der Waals surface area contributed by atoms with E-state index >= 15 is 0 Å². The lowest BCUT2D eigenvalue weighted by atomic mass is 10.2. The molecule has 0 radical (unpaired) electrons. The third kappa shape index (κ3) is 2.61. The number of alkyl halides is 3. The molecule has 0 unspecified atom stereocenters. The molecule has 0 saturated heterocycles. The molecule has 1 aromatic carbocycles. The Kier molecular flexibility index (Phi) is 3.29. The summed E-state index contributed by atoms with van der Waals surface area (Å²) in [4.78, 5) is 7.06. The smallest absolute Gasteiger partial charge is 0.368 e. The van der Waals surface area contributed by atoms with E-state index in [1.807, 2.05) is 0 Å². The fourth-order valence-corrected chi connectivity index (χ4v) is 3.40. The third-order valence-corrected chi connectivity index (χ3v) is 4.79. The molecule has 120 valence electrons. The first kappa shape index (κ1) is 15.3. The van der Waals surface area contributed by atoms with Crippen LogP contribution >= 0.6 is 0 Å². The van der Waals surface area contributed by atoms with Gasteiger partial charge < -0.3 is 5.73 Å². The Hall–Kier alpha value is -2.62. The first-order valence-corrected chi connectivity index (χ1v) is 7.66. The van der Waals surface area contributed by atoms with Crippen molar-refractivity contribution in [2.75, 3.05) is 5.73 Å². The number of fused-ring (bicyclic) bond motifs is 1. The Bertz CT molecular complexity index is 996. The highest BCUT2D eigenvalue weighted by atomic mass is 32.2. The van der Waals surface area contributed by atoms with Gasteiger partial charge in [0, 0.05) is 17.8 Å². The number of nitrogen functional groups attached to an aromatic ring is 1. The summed E-state index contributed by atoms with van der Waals surface area (Å²) < 4.78 is 64.3. The molecule has 0 saturated carbocycles. The Morgan fingerprint density at radius 3 is 2.61 bits per heavy atom. The molecule has 0 spiro atoms. The van der Waals surface area contributed by atoms with Gasteiger partial charge in [0.2, 0.25) is 5.95 Å². The highest BCUT2D eigenvalue weighted by Crippen LogP contribution is 2.31. The van der Waals surface area contributed by atoms with Crippen molar-refractivity contribution in [3.8, 4) is 0 Å². The van der Waals surface area contributed by atoms with Crippen molar-refractivity contribution in [1.82, 2.24) is 13.9 Å². The second-order valence-electron chi connectivity index (χ2n) is 4.65. The van der Waals surface area contributed by atoms with Crippen LogP contribution in [0.2, 0.25) is 0 Å². The maximum Gasteiger partial charge on any atom is 0.416 e. The highest BCUT2D eigenvalue weighted by Gasteiger charge is 2.32. The van der Waals surface area contributed by atoms with E-state index in [0.29, 0.717) is 11.5 Å². The third-order valence-electron chi connectivity index (χ3n) is 3.13. The largest absolute Gasteiger partial charge is 0.416 e. The van der Waals surface area contributed by atoms with Crippen molar-refractivity contribution < 1.29 is 21.6 Å². The summed E-state index contributed by atoms with van der Waals surface area (Å²) in [7, 11) is -4.25. The lowest BCUT2D eigenvalue weighted by Gasteiger charge is -2.10. The lowest BCUT2D eigenvalue weighted by molar-refractivity contribution is -0.137. The zero-order chi connectivity index (χ0) is 16.8. The summed E-state index contributed by atoms with van der Waals surface area (Å²) in [5.74, 6) is -0.142. The van der Waals surface area contributed by atoms with Crippen LogP contribution in [-0.2, 0) is 16.2 Å². The molecule has 3 rings (SSSR count). The molecule has 10 heteroatoms. The van der Waals surface area contributed by atoms with Crippen molar-refractivity contribution in [1.29, 1.82) is 0 Å². The predicted octanol–water partition coefficient (Wildman–Crippen LogP) is 2.27. The summed E-state index contributed by atoms with van der Waals surface area (Å²) in [6.07, 6.45) is -2.12. The Balaban J connectivity index is 2.20. The molecule has 0 aliphatic carbocycles. The summed E-state index contributed by atoms with van der Waals surface area (Å²) in [5.41, 5.74) is 4.38. The first-order valence-electron chi connectivity index (χ1n) is 6.22. The van der Waals surface area contributed by atoms with Crippen LogP contribution in [0.1, 0.15) is 5.56 Å². The maximum atomic E-state index is 12.8. The van der Waals surface area contributed by atoms with E-state index < -0.39 is 26.7 Å². The number of nitrogens with two attached hydrogens (primary N) is 1. The summed E-state index contributed by atoms with van der Waals surface area (Å²) >= 11 is 0. The highest BCUT2D eigenvalue weighted by molar-refractivity contribution is 7.90. The van der Waals surface area contributed by atoms with Crippen LogP contribution in [0.3, 0.4) is 0 Å². The molecule has 0 amide bonds. The van der Waals surface area contributed by atoms with Crippen LogP contribution < -0.4 is 5.73 Å². The zero-order valence-corrected chi connectivity index (χ0v) is 12.1. The molecule has 0 aliphatic rings. The van der Waals surface area contributed by atoms with Crippen molar-refractivity contribution in [3.63, 3.8) is 0 Å². The molecule has 0 bridgehead atoms. The minimum atomic E-state index is -4.64. The van der Waals surface area contributed by atoms with Crippen molar-refractivity contribution in [3.05, 3.63) is 48.3 Å². The number of halogens is 3. The van der Waals surface area contributed by atoms with E-state index in [2.05, 4.69) is 9.97 Å². The quantitative estimate of drug-likeness (QED) is 0.771. The van der Waals surface area contributed by atoms with Gasteiger partial charge >= 0.3 is 6.18 Å². The number of nitrogens with zero attached hydrogens (tertiary/aromatic N) is 3. The SMILES string of the molecule is Nc1ncc2ccn(S(=O)(=O)c3cccc(C(F)(F)F)c3)c2n1. The van der Waals surface area contributed by atoms with Crippen LogP contribution in [-0.4, -0.2) is 22.4 Å². The number of hydrogen-bond donors (Lipinski definition) is 1. The van der Waals surface area contributed by atoms with Gasteiger partial charge in [0.25, 0.3) is 10.0 Å². The second kappa shape index (κ2) is 4.95. The minimum Gasteiger partial charge on any atom is -0.368 e. The topological polar surface area (TPSA) is 90.9 Å². The molecule has 0 aliphatic heterocycles. The maximum absolute atomic E-state index is 12.8. The molecule has 23 heavy (non-hydrogen) atoms. The summed E-state index contributed by atoms with van der Waals surface area (Å²) in [5, 5.41) is 0.398. The van der Waals surface area contributed by atoms with Crippen LogP contribution in [0.5, 0.6) is 0 Å². The number of anilines is 1. The Morgan fingerprint density at radius 2 is 1.91 bits per heavy atom. The molecule has 0 fully saturated rings. The van der Waals surface area contributed by atoms with Gasteiger partial charge in [-0.05, 0) is 24.3 Å². The van der Waals surface area contributed by atoms with E-state index in [1.165, 1.54) is 18.5 Å². The monoisotopic (exact) mass is 342 g/mol. The van der Waals surface area contributed by atoms with E-state index in [0.717, 1.165) is 22.2 Å². The van der Waals surface area contributed by atoms with Gasteiger partial charge in [-0.1, -0.05) is 6.07 Å². The fourth-order valence-electron chi connectivity index (χ4n) is 2.05. The van der Waals surface area contributed by atoms with E-state index in [9.17, 15) is 21.6 Å². The average Bonchev–Trinajstić information content (AvgIpc) is 2.90. The van der Waals surface area contributed by atoms with Crippen molar-refractivity contribution in [2.45, 2.75) is 11.1 Å². The number of benzene rings is 1. The summed E-state index contributed by atoms with van der Waals surface area (Å²) in [6.45, 7) is 0. The molecule has 6 nitrogen and oxygen atoms in total. The van der Waals surface area contributed by atoms with Crippen LogP contribution in [0.4, 0.5) is 19.1 Å². The number of rotatable bonds is 2. The zero-order valence-electron chi connectivity index (χ0n) is 11.3. The van der Waals surface area contributed by atoms with E-state index in [-0.39, 0.29) is 11.6 Å². The summed E-state index contributed by atoms with van der Waals surface area (Å²) in [6, 6.07) is 4.92. The Morgan fingerprint density at radius 1 is 1.17 bits per heavy atom. The molecule has 2 aromatic heterocycles. The molecule has 2 heterocycles. The van der Waals surface area contributed by atoms with Gasteiger partial charge in [0.1, 0.15) is 0 Å². The van der Waals surface area contributed by atoms with E-state index in [1.54, 1.807) is 0 Å². The number of hydrogen-bond acceptors (Lipinski definition) is 5. The standard InChI is InChI=1S/C13H9F3N4O2S/c14-13(15,16)9-2-1-3-10(6-9)23(21,22)20-5-4-8-7-18-12(17)19-11(8)20/h1-7H,(H2,17,18,19).